The molecule has 0 unspecified atom stereocenters. The highest BCUT2D eigenvalue weighted by molar-refractivity contribution is 5.92. The minimum Gasteiger partial charge on any atom is -0.485 e. The molecule has 4 rings (SSSR count). The van der Waals surface area contributed by atoms with Crippen LogP contribution in [0.2, 0.25) is 0 Å². The highest BCUT2D eigenvalue weighted by Crippen LogP contribution is 2.25. The van der Waals surface area contributed by atoms with Gasteiger partial charge < -0.3 is 18.7 Å². The summed E-state index contributed by atoms with van der Waals surface area (Å²) in [4.78, 5) is 22.6. The average molecular weight is 391 g/mol. The van der Waals surface area contributed by atoms with E-state index in [9.17, 15) is 4.79 Å². The van der Waals surface area contributed by atoms with Gasteiger partial charge in [-0.25, -0.2) is 4.98 Å². The Bertz CT molecular complexity index is 1130. The highest BCUT2D eigenvalue weighted by atomic mass is 16.5. The van der Waals surface area contributed by atoms with Crippen molar-refractivity contribution >= 4 is 16.7 Å². The second-order valence-corrected chi connectivity index (χ2v) is 6.61. The van der Waals surface area contributed by atoms with Gasteiger partial charge in [0.2, 0.25) is 0 Å². The molecule has 3 heterocycles. The van der Waals surface area contributed by atoms with Gasteiger partial charge in [-0.2, -0.15) is 0 Å². The molecule has 0 radical (unpaired) electrons. The number of rotatable bonds is 7. The van der Waals surface area contributed by atoms with Crippen LogP contribution in [0.3, 0.4) is 0 Å². The van der Waals surface area contributed by atoms with Crippen molar-refractivity contribution in [2.75, 3.05) is 7.05 Å². The van der Waals surface area contributed by atoms with Crippen LogP contribution in [0.1, 0.15) is 29.0 Å². The number of carbonyl (C=O) groups excluding carboxylic acids is 1. The number of benzene rings is 1. The number of hydrogen-bond donors (Lipinski definition) is 0. The van der Waals surface area contributed by atoms with E-state index in [1.165, 1.54) is 0 Å². The molecule has 0 bridgehead atoms. The Morgan fingerprint density at radius 1 is 1.28 bits per heavy atom. The van der Waals surface area contributed by atoms with Crippen molar-refractivity contribution in [2.24, 2.45) is 0 Å². The molecule has 0 N–H and O–H groups in total. The molecule has 0 saturated heterocycles. The molecule has 1 amide bonds. The molecule has 4 aromatic rings. The molecule has 0 spiro atoms. The standard InChI is InChI=1S/C21H21N5O3/c1-3-26-10-9-23-20(26)13-25(2)21(27)18-11-16(29-24-18)14-28-19-6-4-5-15-12-22-8-7-17(15)19/h4-12H,3,13-14H2,1-2H3. The van der Waals surface area contributed by atoms with E-state index in [4.69, 9.17) is 9.26 Å². The number of aryl methyl sites for hydroxylation is 1. The maximum atomic E-state index is 12.7. The number of nitrogens with zero attached hydrogens (tertiary/aromatic N) is 5. The molecule has 0 atom stereocenters. The van der Waals surface area contributed by atoms with Crippen molar-refractivity contribution in [2.45, 2.75) is 26.6 Å². The van der Waals surface area contributed by atoms with Gasteiger partial charge in [0.15, 0.2) is 11.5 Å². The summed E-state index contributed by atoms with van der Waals surface area (Å²) in [5, 5.41) is 5.85. The van der Waals surface area contributed by atoms with E-state index < -0.39 is 0 Å². The molecule has 8 heteroatoms. The third kappa shape index (κ3) is 3.96. The maximum absolute atomic E-state index is 12.7. The molecule has 29 heavy (non-hydrogen) atoms. The average Bonchev–Trinajstić information content (AvgIpc) is 3.40. The van der Waals surface area contributed by atoms with E-state index in [-0.39, 0.29) is 18.2 Å². The fourth-order valence-corrected chi connectivity index (χ4v) is 3.11. The van der Waals surface area contributed by atoms with Gasteiger partial charge in [0.05, 0.1) is 6.54 Å². The molecule has 0 aliphatic heterocycles. The van der Waals surface area contributed by atoms with Gasteiger partial charge in [0.1, 0.15) is 18.2 Å². The van der Waals surface area contributed by atoms with Crippen LogP contribution in [-0.2, 0) is 19.7 Å². The Balaban J connectivity index is 1.42. The largest absolute Gasteiger partial charge is 0.485 e. The predicted octanol–water partition coefficient (Wildman–Crippen LogP) is 3.29. The van der Waals surface area contributed by atoms with Gasteiger partial charge in [-0.3, -0.25) is 9.78 Å². The van der Waals surface area contributed by atoms with E-state index in [1.807, 2.05) is 42.0 Å². The lowest BCUT2D eigenvalue weighted by Gasteiger charge is -2.15. The first-order valence-electron chi connectivity index (χ1n) is 9.32. The summed E-state index contributed by atoms with van der Waals surface area (Å²) in [6.45, 7) is 3.39. The second-order valence-electron chi connectivity index (χ2n) is 6.61. The Hall–Kier alpha value is -3.68. The molecular formula is C21H21N5O3. The van der Waals surface area contributed by atoms with Crippen molar-refractivity contribution in [1.29, 1.82) is 0 Å². The summed E-state index contributed by atoms with van der Waals surface area (Å²) >= 11 is 0. The maximum Gasteiger partial charge on any atom is 0.276 e. The van der Waals surface area contributed by atoms with Gasteiger partial charge in [-0.05, 0) is 19.1 Å². The Morgan fingerprint density at radius 2 is 2.17 bits per heavy atom. The number of hydrogen-bond acceptors (Lipinski definition) is 6. The first-order chi connectivity index (χ1) is 14.2. The number of amides is 1. The fourth-order valence-electron chi connectivity index (χ4n) is 3.11. The summed E-state index contributed by atoms with van der Waals surface area (Å²) in [6, 6.07) is 9.27. The molecule has 1 aromatic carbocycles. The quantitative estimate of drug-likeness (QED) is 0.480. The number of ether oxygens (including phenoxy) is 1. The van der Waals surface area contributed by atoms with E-state index in [0.717, 1.165) is 28.9 Å². The van der Waals surface area contributed by atoms with Crippen molar-refractivity contribution in [1.82, 2.24) is 24.6 Å². The smallest absolute Gasteiger partial charge is 0.276 e. The summed E-state index contributed by atoms with van der Waals surface area (Å²) < 4.78 is 13.2. The topological polar surface area (TPSA) is 86.3 Å². The van der Waals surface area contributed by atoms with E-state index in [1.54, 1.807) is 36.6 Å². The lowest BCUT2D eigenvalue weighted by atomic mass is 10.1. The minimum absolute atomic E-state index is 0.172. The number of carbonyl (C=O) groups is 1. The van der Waals surface area contributed by atoms with Gasteiger partial charge in [0, 0.05) is 55.2 Å². The molecule has 3 aromatic heterocycles. The highest BCUT2D eigenvalue weighted by Gasteiger charge is 2.19. The lowest BCUT2D eigenvalue weighted by Crippen LogP contribution is -2.28. The van der Waals surface area contributed by atoms with Crippen LogP contribution in [0.5, 0.6) is 5.75 Å². The van der Waals surface area contributed by atoms with Crippen molar-refractivity contribution < 1.29 is 14.1 Å². The fraction of sp³-hybridized carbons (Fsp3) is 0.238. The zero-order valence-electron chi connectivity index (χ0n) is 16.3. The first-order valence-corrected chi connectivity index (χ1v) is 9.32. The van der Waals surface area contributed by atoms with Gasteiger partial charge >= 0.3 is 0 Å². The zero-order chi connectivity index (χ0) is 20.2. The van der Waals surface area contributed by atoms with Crippen LogP contribution < -0.4 is 4.74 Å². The van der Waals surface area contributed by atoms with Crippen molar-refractivity contribution in [3.8, 4) is 5.75 Å². The van der Waals surface area contributed by atoms with Crippen LogP contribution in [0.25, 0.3) is 10.8 Å². The number of fused-ring (bicyclic) bond motifs is 1. The second kappa shape index (κ2) is 8.14. The molecule has 8 nitrogen and oxygen atoms in total. The Kier molecular flexibility index (Phi) is 5.24. The summed E-state index contributed by atoms with van der Waals surface area (Å²) in [6.07, 6.45) is 7.13. The third-order valence-electron chi connectivity index (χ3n) is 4.66. The predicted molar refractivity (Wildman–Crippen MR) is 106 cm³/mol. The third-order valence-corrected chi connectivity index (χ3v) is 4.66. The Morgan fingerprint density at radius 3 is 3.03 bits per heavy atom. The van der Waals surface area contributed by atoms with Crippen LogP contribution in [0.4, 0.5) is 0 Å². The molecule has 0 aliphatic carbocycles. The molecular weight excluding hydrogens is 370 g/mol. The van der Waals surface area contributed by atoms with E-state index in [0.29, 0.717) is 12.3 Å². The van der Waals surface area contributed by atoms with Gasteiger partial charge in [-0.1, -0.05) is 17.3 Å². The van der Waals surface area contributed by atoms with Crippen LogP contribution in [0.15, 0.2) is 59.6 Å². The first kappa shape index (κ1) is 18.7. The molecule has 148 valence electrons. The number of aromatic nitrogens is 4. The van der Waals surface area contributed by atoms with Crippen molar-refractivity contribution in [3.63, 3.8) is 0 Å². The number of pyridine rings is 1. The lowest BCUT2D eigenvalue weighted by molar-refractivity contribution is 0.0769. The van der Waals surface area contributed by atoms with E-state index >= 15 is 0 Å². The summed E-state index contributed by atoms with van der Waals surface area (Å²) in [5.41, 5.74) is 0.239. The number of imidazole rings is 1. The Labute approximate surface area is 167 Å². The summed E-state index contributed by atoms with van der Waals surface area (Å²) in [7, 11) is 1.71. The minimum atomic E-state index is -0.234. The summed E-state index contributed by atoms with van der Waals surface area (Å²) in [5.74, 6) is 1.78. The van der Waals surface area contributed by atoms with Crippen LogP contribution in [-0.4, -0.2) is 37.5 Å². The normalized spacial score (nSPS) is 11.0. The van der Waals surface area contributed by atoms with Gasteiger partial charge in [-0.15, -0.1) is 0 Å². The van der Waals surface area contributed by atoms with Crippen LogP contribution in [0, 0.1) is 0 Å². The molecule has 0 fully saturated rings. The molecule has 0 saturated carbocycles. The zero-order valence-corrected chi connectivity index (χ0v) is 16.3. The van der Waals surface area contributed by atoms with E-state index in [2.05, 4.69) is 15.1 Å². The SMILES string of the molecule is CCn1ccnc1CN(C)C(=O)c1cc(COc2cccc3cnccc23)on1. The molecule has 0 aliphatic rings. The van der Waals surface area contributed by atoms with Crippen LogP contribution >= 0.6 is 0 Å². The van der Waals surface area contributed by atoms with Crippen molar-refractivity contribution in [3.05, 3.63) is 72.4 Å². The van der Waals surface area contributed by atoms with Gasteiger partial charge in [0.25, 0.3) is 5.91 Å². The monoisotopic (exact) mass is 391 g/mol.